The fourth-order valence-corrected chi connectivity index (χ4v) is 3.67. The number of hydrogen-bond donors (Lipinski definition) is 1. The molecule has 0 saturated carbocycles. The van der Waals surface area contributed by atoms with Crippen LogP contribution in [0, 0.1) is 0 Å². The zero-order chi connectivity index (χ0) is 26.7. The standard InChI is InChI=1S/C26H21F3N4O5/c1-35-12-13-36-25-31-23(17-4-11-21-22(14-17)38-15-37-21)33(32-25)20-9-7-19(8-10-20)30-24(34)16-2-5-18(6-3-16)26(27,28)29/h2-11,14H,12-13,15H2,1H3,(H,30,34). The SMILES string of the molecule is COCCOc1nc(-c2ccc3c(c2)OCO3)n(-c2ccc(NC(=O)c3ccc(C(F)(F)F)cc3)cc2)n1. The fraction of sp³-hybridized carbons (Fsp3) is 0.192. The molecular formula is C26H21F3N4O5. The molecule has 3 aromatic carbocycles. The third-order valence-electron chi connectivity index (χ3n) is 5.58. The summed E-state index contributed by atoms with van der Waals surface area (Å²) in [5, 5.41) is 7.14. The topological polar surface area (TPSA) is 96.7 Å². The van der Waals surface area contributed by atoms with Gasteiger partial charge in [-0.3, -0.25) is 4.79 Å². The molecule has 4 aromatic rings. The van der Waals surface area contributed by atoms with Gasteiger partial charge in [0.2, 0.25) is 6.79 Å². The third-order valence-corrected chi connectivity index (χ3v) is 5.58. The van der Waals surface area contributed by atoms with Crippen molar-refractivity contribution in [3.8, 4) is 34.6 Å². The highest BCUT2D eigenvalue weighted by Gasteiger charge is 2.30. The Morgan fingerprint density at radius 3 is 2.45 bits per heavy atom. The first-order valence-electron chi connectivity index (χ1n) is 11.4. The number of ether oxygens (including phenoxy) is 4. The smallest absolute Gasteiger partial charge is 0.416 e. The van der Waals surface area contributed by atoms with Crippen LogP contribution in [0.2, 0.25) is 0 Å². The van der Waals surface area contributed by atoms with Gasteiger partial charge in [-0.05, 0) is 66.7 Å². The molecule has 0 atom stereocenters. The van der Waals surface area contributed by atoms with Crippen LogP contribution in [0.4, 0.5) is 18.9 Å². The average Bonchev–Trinajstić information content (AvgIpc) is 3.56. The van der Waals surface area contributed by atoms with Gasteiger partial charge in [0.05, 0.1) is 17.9 Å². The maximum absolute atomic E-state index is 12.8. The lowest BCUT2D eigenvalue weighted by molar-refractivity contribution is -0.137. The van der Waals surface area contributed by atoms with E-state index in [0.29, 0.717) is 40.9 Å². The van der Waals surface area contributed by atoms with Gasteiger partial charge < -0.3 is 24.3 Å². The van der Waals surface area contributed by atoms with Crippen LogP contribution in [0.25, 0.3) is 17.1 Å². The molecule has 5 rings (SSSR count). The highest BCUT2D eigenvalue weighted by atomic mass is 19.4. The van der Waals surface area contributed by atoms with E-state index in [0.717, 1.165) is 24.3 Å². The number of anilines is 1. The van der Waals surface area contributed by atoms with Gasteiger partial charge in [0, 0.05) is 23.9 Å². The summed E-state index contributed by atoms with van der Waals surface area (Å²) in [6, 6.07) is 16.3. The van der Waals surface area contributed by atoms with E-state index in [1.54, 1.807) is 48.2 Å². The van der Waals surface area contributed by atoms with Crippen molar-refractivity contribution in [2.45, 2.75) is 6.18 Å². The van der Waals surface area contributed by atoms with Gasteiger partial charge in [-0.15, -0.1) is 5.10 Å². The van der Waals surface area contributed by atoms with Crippen LogP contribution in [-0.2, 0) is 10.9 Å². The minimum Gasteiger partial charge on any atom is -0.460 e. The van der Waals surface area contributed by atoms with Crippen molar-refractivity contribution < 1.29 is 36.9 Å². The van der Waals surface area contributed by atoms with Crippen molar-refractivity contribution in [2.75, 3.05) is 32.4 Å². The summed E-state index contributed by atoms with van der Waals surface area (Å²) < 4.78 is 61.4. The molecule has 2 heterocycles. The number of aromatic nitrogens is 3. The quantitative estimate of drug-likeness (QED) is 0.324. The number of fused-ring (bicyclic) bond motifs is 1. The summed E-state index contributed by atoms with van der Waals surface area (Å²) >= 11 is 0. The summed E-state index contributed by atoms with van der Waals surface area (Å²) in [6.45, 7) is 0.758. The Kier molecular flexibility index (Phi) is 6.88. The normalized spacial score (nSPS) is 12.4. The van der Waals surface area contributed by atoms with E-state index < -0.39 is 17.6 Å². The minimum atomic E-state index is -4.47. The molecule has 0 unspecified atom stereocenters. The first kappa shape index (κ1) is 25.1. The molecule has 1 amide bonds. The highest BCUT2D eigenvalue weighted by Crippen LogP contribution is 2.36. The summed E-state index contributed by atoms with van der Waals surface area (Å²) in [5.74, 6) is 1.16. The van der Waals surface area contributed by atoms with Crippen LogP contribution in [0.15, 0.2) is 66.7 Å². The molecule has 1 aliphatic heterocycles. The molecule has 1 aromatic heterocycles. The zero-order valence-corrected chi connectivity index (χ0v) is 20.0. The van der Waals surface area contributed by atoms with Gasteiger partial charge in [-0.25, -0.2) is 4.68 Å². The molecule has 196 valence electrons. The van der Waals surface area contributed by atoms with Crippen LogP contribution < -0.4 is 19.5 Å². The molecule has 0 fully saturated rings. The van der Waals surface area contributed by atoms with Crippen molar-refractivity contribution in [2.24, 2.45) is 0 Å². The number of benzene rings is 3. The Morgan fingerprint density at radius 2 is 1.74 bits per heavy atom. The minimum absolute atomic E-state index is 0.0984. The molecule has 1 N–H and O–H groups in total. The number of nitrogens with zero attached hydrogens (tertiary/aromatic N) is 3. The Bertz CT molecular complexity index is 1440. The van der Waals surface area contributed by atoms with E-state index in [4.69, 9.17) is 18.9 Å². The number of alkyl halides is 3. The van der Waals surface area contributed by atoms with Crippen LogP contribution in [-0.4, -0.2) is 47.8 Å². The van der Waals surface area contributed by atoms with E-state index in [9.17, 15) is 18.0 Å². The fourth-order valence-electron chi connectivity index (χ4n) is 3.67. The Morgan fingerprint density at radius 1 is 1.00 bits per heavy atom. The number of halogens is 3. The second-order valence-corrected chi connectivity index (χ2v) is 8.12. The number of methoxy groups -OCH3 is 1. The van der Waals surface area contributed by atoms with Gasteiger partial charge in [-0.1, -0.05) is 0 Å². The Hall–Kier alpha value is -4.58. The number of carbonyl (C=O) groups is 1. The number of amides is 1. The summed E-state index contributed by atoms with van der Waals surface area (Å²) in [5.41, 5.74) is 1.05. The molecule has 0 aliphatic carbocycles. The predicted molar refractivity (Wildman–Crippen MR) is 130 cm³/mol. The van der Waals surface area contributed by atoms with E-state index in [1.165, 1.54) is 0 Å². The number of rotatable bonds is 8. The Balaban J connectivity index is 1.38. The van der Waals surface area contributed by atoms with E-state index in [-0.39, 0.29) is 25.0 Å². The van der Waals surface area contributed by atoms with Gasteiger partial charge in [0.1, 0.15) is 6.61 Å². The maximum Gasteiger partial charge on any atom is 0.416 e. The van der Waals surface area contributed by atoms with Crippen LogP contribution >= 0.6 is 0 Å². The second-order valence-electron chi connectivity index (χ2n) is 8.12. The lowest BCUT2D eigenvalue weighted by Gasteiger charge is -2.10. The lowest BCUT2D eigenvalue weighted by Crippen LogP contribution is -2.13. The number of carbonyl (C=O) groups excluding carboxylic acids is 1. The number of nitrogens with one attached hydrogen (secondary N) is 1. The van der Waals surface area contributed by atoms with Crippen molar-refractivity contribution >= 4 is 11.6 Å². The molecule has 38 heavy (non-hydrogen) atoms. The molecule has 9 nitrogen and oxygen atoms in total. The predicted octanol–water partition coefficient (Wildman–Crippen LogP) is 4.96. The van der Waals surface area contributed by atoms with E-state index >= 15 is 0 Å². The lowest BCUT2D eigenvalue weighted by atomic mass is 10.1. The molecule has 0 spiro atoms. The van der Waals surface area contributed by atoms with Gasteiger partial charge in [0.15, 0.2) is 17.3 Å². The van der Waals surface area contributed by atoms with Crippen molar-refractivity contribution in [1.82, 2.24) is 14.8 Å². The van der Waals surface area contributed by atoms with Crippen molar-refractivity contribution in [1.29, 1.82) is 0 Å². The van der Waals surface area contributed by atoms with Gasteiger partial charge in [-0.2, -0.15) is 18.2 Å². The van der Waals surface area contributed by atoms with Gasteiger partial charge in [0.25, 0.3) is 5.91 Å². The first-order valence-corrected chi connectivity index (χ1v) is 11.4. The largest absolute Gasteiger partial charge is 0.460 e. The summed E-state index contributed by atoms with van der Waals surface area (Å²) in [4.78, 5) is 17.0. The average molecular weight is 526 g/mol. The van der Waals surface area contributed by atoms with E-state index in [1.807, 2.05) is 6.07 Å². The van der Waals surface area contributed by atoms with Crippen molar-refractivity contribution in [3.63, 3.8) is 0 Å². The number of hydrogen-bond acceptors (Lipinski definition) is 7. The zero-order valence-electron chi connectivity index (χ0n) is 20.0. The molecule has 0 radical (unpaired) electrons. The molecule has 0 saturated heterocycles. The second kappa shape index (κ2) is 10.4. The van der Waals surface area contributed by atoms with Crippen molar-refractivity contribution in [3.05, 3.63) is 77.9 Å². The van der Waals surface area contributed by atoms with E-state index in [2.05, 4.69) is 15.4 Å². The highest BCUT2D eigenvalue weighted by molar-refractivity contribution is 6.04. The van der Waals surface area contributed by atoms with Crippen LogP contribution in [0.5, 0.6) is 17.5 Å². The molecular weight excluding hydrogens is 505 g/mol. The molecule has 0 bridgehead atoms. The summed E-state index contributed by atoms with van der Waals surface area (Å²) in [6.07, 6.45) is -4.47. The monoisotopic (exact) mass is 526 g/mol. The Labute approximate surface area is 214 Å². The van der Waals surface area contributed by atoms with Gasteiger partial charge >= 0.3 is 12.2 Å². The summed E-state index contributed by atoms with van der Waals surface area (Å²) in [7, 11) is 1.56. The maximum atomic E-state index is 12.8. The van der Waals surface area contributed by atoms with Crippen LogP contribution in [0.1, 0.15) is 15.9 Å². The third kappa shape index (κ3) is 5.39. The molecule has 1 aliphatic rings. The molecule has 12 heteroatoms. The first-order chi connectivity index (χ1) is 18.3. The van der Waals surface area contributed by atoms with Crippen LogP contribution in [0.3, 0.4) is 0 Å².